The molecule has 0 unspecified atom stereocenters. The molecule has 1 aromatic carbocycles. The second-order valence-electron chi connectivity index (χ2n) is 7.42. The molecule has 0 spiro atoms. The first-order valence-electron chi connectivity index (χ1n) is 9.95. The van der Waals surface area contributed by atoms with Crippen molar-refractivity contribution in [2.24, 2.45) is 0 Å². The first kappa shape index (κ1) is 25.7. The van der Waals surface area contributed by atoms with Crippen LogP contribution in [0.2, 0.25) is 0 Å². The van der Waals surface area contributed by atoms with Gasteiger partial charge in [-0.05, 0) is 57.3 Å². The summed E-state index contributed by atoms with van der Waals surface area (Å²) >= 11 is 5.19. The number of carbonyl (C=O) groups excluding carboxylic acids is 1. The van der Waals surface area contributed by atoms with Crippen molar-refractivity contribution < 1.29 is 39.1 Å². The second kappa shape index (κ2) is 11.4. The molecule has 1 amide bonds. The van der Waals surface area contributed by atoms with E-state index in [1.54, 1.807) is 38.1 Å². The largest absolute Gasteiger partial charge is 0.480 e. The molecule has 0 radical (unpaired) electrons. The predicted molar refractivity (Wildman–Crippen MR) is 118 cm³/mol. The smallest absolute Gasteiger partial charge is 0.325 e. The van der Waals surface area contributed by atoms with E-state index < -0.39 is 54.7 Å². The summed E-state index contributed by atoms with van der Waals surface area (Å²) in [5, 5.41) is 37.4. The number of aliphatic hydroxyl groups is 2. The van der Waals surface area contributed by atoms with Crippen molar-refractivity contribution in [1.29, 1.82) is 0 Å². The van der Waals surface area contributed by atoms with Gasteiger partial charge in [0.15, 0.2) is 5.11 Å². The highest BCUT2D eigenvalue weighted by Gasteiger charge is 2.44. The van der Waals surface area contributed by atoms with Crippen molar-refractivity contribution in [2.75, 3.05) is 12.4 Å². The molecule has 7 atom stereocenters. The molecule has 0 bridgehead atoms. The number of aliphatic hydroxyl groups excluding tert-OH is 2. The number of carboxylic acids is 1. The van der Waals surface area contributed by atoms with Crippen molar-refractivity contribution >= 4 is 34.9 Å². The molecule has 1 saturated heterocycles. The Labute approximate surface area is 191 Å². The third-order valence-corrected chi connectivity index (χ3v) is 5.11. The summed E-state index contributed by atoms with van der Waals surface area (Å²) in [7, 11) is 1.39. The molecule has 1 aromatic rings. The SMILES string of the molecule is CO[C@H]1[C@H](O)[C@@H](Oc2ccc(NC(=S)N[C@@H](C)C(=O)N[C@@H](C)C(=O)O)cc2)O[C@@H](C)[C@H]1O. The standard InChI is InChI=1S/C20H29N3O8S/c1-9(17(26)21-10(2)18(27)28)22-20(32)23-12-5-7-13(8-6-12)31-19-15(25)16(29-4)14(24)11(3)30-19/h5-11,14-16,19,24-25H,1-4H3,(H,21,26)(H,27,28)(H2,22,23,32)/t9-,10-,11-,14+,15-,16+,19+/m0/s1. The van der Waals surface area contributed by atoms with Gasteiger partial charge in [-0.2, -0.15) is 0 Å². The normalized spacial score (nSPS) is 27.0. The Balaban J connectivity index is 1.89. The number of amides is 1. The Morgan fingerprint density at radius 1 is 1.09 bits per heavy atom. The van der Waals surface area contributed by atoms with E-state index in [9.17, 15) is 19.8 Å². The number of carboxylic acid groups (broad SMARTS) is 1. The molecule has 1 heterocycles. The van der Waals surface area contributed by atoms with E-state index >= 15 is 0 Å². The predicted octanol–water partition coefficient (Wildman–Crippen LogP) is -0.189. The molecule has 178 valence electrons. The van der Waals surface area contributed by atoms with Crippen molar-refractivity contribution in [3.63, 3.8) is 0 Å². The number of hydrogen-bond donors (Lipinski definition) is 6. The number of benzene rings is 1. The lowest BCUT2D eigenvalue weighted by atomic mass is 10.00. The molecule has 12 heteroatoms. The van der Waals surface area contributed by atoms with E-state index in [0.29, 0.717) is 11.4 Å². The molecule has 11 nitrogen and oxygen atoms in total. The molecule has 0 aromatic heterocycles. The van der Waals surface area contributed by atoms with Gasteiger partial charge < -0.3 is 45.5 Å². The minimum absolute atomic E-state index is 0.168. The van der Waals surface area contributed by atoms with Crippen LogP contribution in [-0.2, 0) is 19.1 Å². The van der Waals surface area contributed by atoms with E-state index in [0.717, 1.165) is 0 Å². The summed E-state index contributed by atoms with van der Waals surface area (Å²) < 4.78 is 16.4. The van der Waals surface area contributed by atoms with Gasteiger partial charge in [0.25, 0.3) is 0 Å². The molecular weight excluding hydrogens is 442 g/mol. The Morgan fingerprint density at radius 3 is 2.28 bits per heavy atom. The first-order valence-corrected chi connectivity index (χ1v) is 10.4. The number of ether oxygens (including phenoxy) is 3. The molecule has 2 rings (SSSR count). The average Bonchev–Trinajstić information content (AvgIpc) is 2.73. The van der Waals surface area contributed by atoms with Crippen molar-refractivity contribution in [3.05, 3.63) is 24.3 Å². The van der Waals surface area contributed by atoms with Crippen LogP contribution in [0.25, 0.3) is 0 Å². The fraction of sp³-hybridized carbons (Fsp3) is 0.550. The quantitative estimate of drug-likeness (QED) is 0.279. The van der Waals surface area contributed by atoms with Crippen LogP contribution in [0.1, 0.15) is 20.8 Å². The van der Waals surface area contributed by atoms with Crippen LogP contribution in [0.4, 0.5) is 5.69 Å². The summed E-state index contributed by atoms with van der Waals surface area (Å²) in [6.45, 7) is 4.57. The Hall–Kier alpha value is -2.51. The summed E-state index contributed by atoms with van der Waals surface area (Å²) in [6, 6.07) is 4.82. The Bertz CT molecular complexity index is 809. The van der Waals surface area contributed by atoms with Gasteiger partial charge in [0.1, 0.15) is 36.1 Å². The molecule has 32 heavy (non-hydrogen) atoms. The lowest BCUT2D eigenvalue weighted by Gasteiger charge is -2.40. The van der Waals surface area contributed by atoms with Gasteiger partial charge in [0.05, 0.1) is 6.10 Å². The van der Waals surface area contributed by atoms with Crippen molar-refractivity contribution in [1.82, 2.24) is 10.6 Å². The van der Waals surface area contributed by atoms with Gasteiger partial charge in [-0.1, -0.05) is 0 Å². The van der Waals surface area contributed by atoms with E-state index in [1.807, 2.05) is 0 Å². The number of anilines is 1. The highest BCUT2D eigenvalue weighted by Crippen LogP contribution is 2.26. The second-order valence-corrected chi connectivity index (χ2v) is 7.83. The molecule has 1 aliphatic heterocycles. The number of hydrogen-bond acceptors (Lipinski definition) is 8. The lowest BCUT2D eigenvalue weighted by Crippen LogP contribution is -2.59. The zero-order valence-corrected chi connectivity index (χ0v) is 19.0. The van der Waals surface area contributed by atoms with Crippen LogP contribution in [0.15, 0.2) is 24.3 Å². The van der Waals surface area contributed by atoms with Gasteiger partial charge in [-0.15, -0.1) is 0 Å². The van der Waals surface area contributed by atoms with Gasteiger partial charge >= 0.3 is 5.97 Å². The third-order valence-electron chi connectivity index (χ3n) is 4.89. The van der Waals surface area contributed by atoms with Crippen LogP contribution in [0.5, 0.6) is 5.75 Å². The Kier molecular flexibility index (Phi) is 9.16. The molecule has 0 saturated carbocycles. The van der Waals surface area contributed by atoms with Gasteiger partial charge in [0, 0.05) is 12.8 Å². The minimum atomic E-state index is -1.18. The molecule has 6 N–H and O–H groups in total. The lowest BCUT2D eigenvalue weighted by molar-refractivity contribution is -0.272. The van der Waals surface area contributed by atoms with E-state index in [2.05, 4.69) is 16.0 Å². The summed E-state index contributed by atoms with van der Waals surface area (Å²) in [6.07, 6.45) is -4.61. The summed E-state index contributed by atoms with van der Waals surface area (Å²) in [4.78, 5) is 22.8. The number of rotatable bonds is 8. The molecular formula is C20H29N3O8S. The summed E-state index contributed by atoms with van der Waals surface area (Å²) in [5.41, 5.74) is 0.602. The topological polar surface area (TPSA) is 159 Å². The monoisotopic (exact) mass is 471 g/mol. The zero-order chi connectivity index (χ0) is 24.0. The van der Waals surface area contributed by atoms with E-state index in [-0.39, 0.29) is 5.11 Å². The van der Waals surface area contributed by atoms with Crippen LogP contribution in [-0.4, -0.2) is 82.2 Å². The van der Waals surface area contributed by atoms with Gasteiger partial charge in [-0.3, -0.25) is 9.59 Å². The van der Waals surface area contributed by atoms with Crippen LogP contribution in [0, 0.1) is 0 Å². The fourth-order valence-electron chi connectivity index (χ4n) is 2.95. The minimum Gasteiger partial charge on any atom is -0.480 e. The van der Waals surface area contributed by atoms with Crippen LogP contribution in [0.3, 0.4) is 0 Å². The number of thiocarbonyl (C=S) groups is 1. The maximum atomic E-state index is 12.0. The third kappa shape index (κ3) is 6.74. The maximum Gasteiger partial charge on any atom is 0.325 e. The van der Waals surface area contributed by atoms with Crippen molar-refractivity contribution in [3.8, 4) is 5.75 Å². The zero-order valence-electron chi connectivity index (χ0n) is 18.1. The fourth-order valence-corrected chi connectivity index (χ4v) is 3.25. The van der Waals surface area contributed by atoms with Crippen LogP contribution < -0.4 is 20.7 Å². The van der Waals surface area contributed by atoms with Gasteiger partial charge in [0.2, 0.25) is 12.2 Å². The first-order chi connectivity index (χ1) is 15.0. The van der Waals surface area contributed by atoms with E-state index in [4.69, 9.17) is 31.5 Å². The average molecular weight is 472 g/mol. The number of nitrogens with one attached hydrogen (secondary N) is 3. The molecule has 1 aliphatic rings. The molecule has 1 fully saturated rings. The van der Waals surface area contributed by atoms with Crippen molar-refractivity contribution in [2.45, 2.75) is 63.6 Å². The molecule has 0 aliphatic carbocycles. The summed E-state index contributed by atoms with van der Waals surface area (Å²) in [5.74, 6) is -1.23. The highest BCUT2D eigenvalue weighted by molar-refractivity contribution is 7.80. The maximum absolute atomic E-state index is 12.0. The van der Waals surface area contributed by atoms with Crippen LogP contribution >= 0.6 is 12.2 Å². The number of carbonyl (C=O) groups is 2. The highest BCUT2D eigenvalue weighted by atomic mass is 32.1. The van der Waals surface area contributed by atoms with Gasteiger partial charge in [-0.25, -0.2) is 0 Å². The number of aliphatic carboxylic acids is 1. The number of methoxy groups -OCH3 is 1. The van der Waals surface area contributed by atoms with E-state index in [1.165, 1.54) is 14.0 Å². The Morgan fingerprint density at radius 2 is 1.72 bits per heavy atom.